The molecule has 0 atom stereocenters. The van der Waals surface area contributed by atoms with Crippen LogP contribution in [0.15, 0.2) is 12.1 Å². The molecule has 0 saturated heterocycles. The van der Waals surface area contributed by atoms with Gasteiger partial charge in [-0.3, -0.25) is 4.79 Å². The van der Waals surface area contributed by atoms with E-state index >= 15 is 0 Å². The number of ketones is 1. The maximum atomic E-state index is 11.5. The normalized spacial score (nSPS) is 15.1. The number of hydrogen-bond acceptors (Lipinski definition) is 2. The molecule has 68 valence electrons. The summed E-state index contributed by atoms with van der Waals surface area (Å²) in [6.07, 6.45) is 0.427. The first-order valence-corrected chi connectivity index (χ1v) is 4.53. The molecule has 0 bridgehead atoms. The molecule has 0 N–H and O–H groups in total. The standard InChI is InChI=1S/C10H9ClO2/c1-6-2-3-7(11)9-8(12)4-5-13-10(6)9/h2-3H,4-5H2,1H3. The Labute approximate surface area is 81.5 Å². The zero-order valence-electron chi connectivity index (χ0n) is 7.26. The molecule has 0 fully saturated rings. The number of fused-ring (bicyclic) bond motifs is 1. The second-order valence-electron chi connectivity index (χ2n) is 3.09. The number of ether oxygens (including phenoxy) is 1. The first-order chi connectivity index (χ1) is 6.20. The molecular weight excluding hydrogens is 188 g/mol. The Balaban J connectivity index is 2.67. The predicted octanol–water partition coefficient (Wildman–Crippen LogP) is 2.61. The van der Waals surface area contributed by atoms with E-state index in [0.717, 1.165) is 5.56 Å². The van der Waals surface area contributed by atoms with Gasteiger partial charge < -0.3 is 4.74 Å². The van der Waals surface area contributed by atoms with E-state index in [2.05, 4.69) is 0 Å². The van der Waals surface area contributed by atoms with Gasteiger partial charge in [0.2, 0.25) is 0 Å². The van der Waals surface area contributed by atoms with Gasteiger partial charge in [0.25, 0.3) is 0 Å². The molecule has 1 aliphatic heterocycles. The van der Waals surface area contributed by atoms with Crippen LogP contribution in [0.4, 0.5) is 0 Å². The number of rotatable bonds is 0. The summed E-state index contributed by atoms with van der Waals surface area (Å²) < 4.78 is 5.40. The lowest BCUT2D eigenvalue weighted by atomic mass is 10.0. The van der Waals surface area contributed by atoms with Crippen molar-refractivity contribution < 1.29 is 9.53 Å². The van der Waals surface area contributed by atoms with Crippen molar-refractivity contribution in [3.8, 4) is 5.75 Å². The van der Waals surface area contributed by atoms with Crippen molar-refractivity contribution in [2.24, 2.45) is 0 Å². The molecule has 0 spiro atoms. The van der Waals surface area contributed by atoms with Crippen LogP contribution in [-0.2, 0) is 0 Å². The van der Waals surface area contributed by atoms with Crippen LogP contribution in [0.3, 0.4) is 0 Å². The van der Waals surface area contributed by atoms with Gasteiger partial charge in [0, 0.05) is 6.42 Å². The van der Waals surface area contributed by atoms with Gasteiger partial charge in [0.15, 0.2) is 5.78 Å². The van der Waals surface area contributed by atoms with Crippen LogP contribution in [0.25, 0.3) is 0 Å². The molecule has 13 heavy (non-hydrogen) atoms. The Morgan fingerprint density at radius 1 is 1.46 bits per heavy atom. The van der Waals surface area contributed by atoms with Crippen LogP contribution in [0.2, 0.25) is 5.02 Å². The summed E-state index contributed by atoms with van der Waals surface area (Å²) in [5.41, 5.74) is 1.51. The Morgan fingerprint density at radius 3 is 2.92 bits per heavy atom. The van der Waals surface area contributed by atoms with E-state index in [-0.39, 0.29) is 5.78 Å². The zero-order chi connectivity index (χ0) is 9.42. The predicted molar refractivity (Wildman–Crippen MR) is 50.6 cm³/mol. The van der Waals surface area contributed by atoms with Crippen molar-refractivity contribution in [3.63, 3.8) is 0 Å². The average Bonchev–Trinajstić information content (AvgIpc) is 2.12. The van der Waals surface area contributed by atoms with Crippen LogP contribution < -0.4 is 4.74 Å². The fourth-order valence-electron chi connectivity index (χ4n) is 1.48. The topological polar surface area (TPSA) is 26.3 Å². The average molecular weight is 197 g/mol. The number of carbonyl (C=O) groups is 1. The van der Waals surface area contributed by atoms with E-state index in [9.17, 15) is 4.79 Å². The molecule has 3 heteroatoms. The van der Waals surface area contributed by atoms with E-state index < -0.39 is 0 Å². The van der Waals surface area contributed by atoms with Crippen LogP contribution in [-0.4, -0.2) is 12.4 Å². The van der Waals surface area contributed by atoms with Gasteiger partial charge in [-0.2, -0.15) is 0 Å². The minimum Gasteiger partial charge on any atom is -0.492 e. The van der Waals surface area contributed by atoms with Gasteiger partial charge in [-0.25, -0.2) is 0 Å². The second kappa shape index (κ2) is 3.04. The Morgan fingerprint density at radius 2 is 2.23 bits per heavy atom. The number of aryl methyl sites for hydroxylation is 1. The largest absolute Gasteiger partial charge is 0.492 e. The summed E-state index contributed by atoms with van der Waals surface area (Å²) in [5.74, 6) is 0.735. The summed E-state index contributed by atoms with van der Waals surface area (Å²) in [7, 11) is 0. The van der Waals surface area contributed by atoms with Gasteiger partial charge in [0.05, 0.1) is 17.2 Å². The summed E-state index contributed by atoms with van der Waals surface area (Å²) in [4.78, 5) is 11.5. The van der Waals surface area contributed by atoms with Crippen molar-refractivity contribution in [1.82, 2.24) is 0 Å². The highest BCUT2D eigenvalue weighted by Crippen LogP contribution is 2.33. The van der Waals surface area contributed by atoms with Gasteiger partial charge in [0.1, 0.15) is 5.75 Å². The van der Waals surface area contributed by atoms with Crippen molar-refractivity contribution in [2.75, 3.05) is 6.61 Å². The monoisotopic (exact) mass is 196 g/mol. The molecule has 0 radical (unpaired) electrons. The van der Waals surface area contributed by atoms with Crippen LogP contribution >= 0.6 is 11.6 Å². The smallest absolute Gasteiger partial charge is 0.171 e. The third-order valence-corrected chi connectivity index (χ3v) is 2.47. The maximum absolute atomic E-state index is 11.5. The van der Waals surface area contributed by atoms with E-state index in [1.165, 1.54) is 0 Å². The van der Waals surface area contributed by atoms with Gasteiger partial charge in [-0.05, 0) is 18.6 Å². The molecule has 0 aromatic heterocycles. The van der Waals surface area contributed by atoms with Crippen molar-refractivity contribution >= 4 is 17.4 Å². The van der Waals surface area contributed by atoms with Gasteiger partial charge >= 0.3 is 0 Å². The molecule has 0 unspecified atom stereocenters. The minimum atomic E-state index is 0.0787. The summed E-state index contributed by atoms with van der Waals surface area (Å²) in [6, 6.07) is 3.60. The fourth-order valence-corrected chi connectivity index (χ4v) is 1.73. The molecule has 1 aliphatic rings. The molecule has 0 saturated carbocycles. The molecular formula is C10H9ClO2. The highest BCUT2D eigenvalue weighted by atomic mass is 35.5. The highest BCUT2D eigenvalue weighted by molar-refractivity contribution is 6.34. The summed E-state index contributed by atoms with van der Waals surface area (Å²) in [5, 5.41) is 0.491. The Kier molecular flexibility index (Phi) is 2.00. The maximum Gasteiger partial charge on any atom is 0.171 e. The first-order valence-electron chi connectivity index (χ1n) is 4.15. The number of benzene rings is 1. The van der Waals surface area contributed by atoms with Crippen molar-refractivity contribution in [1.29, 1.82) is 0 Å². The highest BCUT2D eigenvalue weighted by Gasteiger charge is 2.22. The molecule has 1 heterocycles. The molecule has 0 amide bonds. The lowest BCUT2D eigenvalue weighted by Crippen LogP contribution is -2.16. The van der Waals surface area contributed by atoms with Gasteiger partial charge in [-0.1, -0.05) is 17.7 Å². The third-order valence-electron chi connectivity index (χ3n) is 2.16. The van der Waals surface area contributed by atoms with E-state index in [0.29, 0.717) is 29.4 Å². The van der Waals surface area contributed by atoms with Crippen LogP contribution in [0, 0.1) is 6.92 Å². The van der Waals surface area contributed by atoms with Crippen LogP contribution in [0.5, 0.6) is 5.75 Å². The Hall–Kier alpha value is -1.02. The molecule has 2 nitrogen and oxygen atoms in total. The lowest BCUT2D eigenvalue weighted by molar-refractivity contribution is 0.0933. The van der Waals surface area contributed by atoms with E-state index in [1.54, 1.807) is 6.07 Å². The number of carbonyl (C=O) groups excluding carboxylic acids is 1. The number of halogens is 1. The zero-order valence-corrected chi connectivity index (χ0v) is 8.02. The van der Waals surface area contributed by atoms with Crippen LogP contribution in [0.1, 0.15) is 22.3 Å². The first kappa shape index (κ1) is 8.57. The van der Waals surface area contributed by atoms with E-state index in [4.69, 9.17) is 16.3 Å². The van der Waals surface area contributed by atoms with Crippen molar-refractivity contribution in [2.45, 2.75) is 13.3 Å². The number of Topliss-reactive ketones (excluding diaryl/α,β-unsaturated/α-hetero) is 1. The second-order valence-corrected chi connectivity index (χ2v) is 3.50. The fraction of sp³-hybridized carbons (Fsp3) is 0.300. The summed E-state index contributed by atoms with van der Waals surface area (Å²) in [6.45, 7) is 2.38. The SMILES string of the molecule is Cc1ccc(Cl)c2c1OCCC2=O. The quantitative estimate of drug-likeness (QED) is 0.638. The molecule has 1 aromatic rings. The minimum absolute atomic E-state index is 0.0787. The Bertz CT molecular complexity index is 371. The molecule has 0 aliphatic carbocycles. The molecule has 1 aromatic carbocycles. The molecule has 2 rings (SSSR count). The lowest BCUT2D eigenvalue weighted by Gasteiger charge is -2.18. The van der Waals surface area contributed by atoms with E-state index in [1.807, 2.05) is 13.0 Å². The number of hydrogen-bond donors (Lipinski definition) is 0. The van der Waals surface area contributed by atoms with Gasteiger partial charge in [-0.15, -0.1) is 0 Å². The van der Waals surface area contributed by atoms with Crippen molar-refractivity contribution in [3.05, 3.63) is 28.3 Å². The third kappa shape index (κ3) is 1.31. The summed E-state index contributed by atoms with van der Waals surface area (Å²) >= 11 is 5.91.